The molecule has 0 fully saturated rings. The fraction of sp³-hybridized carbons (Fsp3) is 0.333. The third kappa shape index (κ3) is 3.86. The molecule has 108 valence electrons. The molecule has 0 unspecified atom stereocenters. The normalized spacial score (nSPS) is 10.7. The van der Waals surface area contributed by atoms with Crippen LogP contribution in [0.1, 0.15) is 47.7 Å². The molecular formula is C18H20N2S. The molecule has 2 nitrogen and oxygen atoms in total. The van der Waals surface area contributed by atoms with E-state index in [2.05, 4.69) is 49.2 Å². The Labute approximate surface area is 131 Å². The van der Waals surface area contributed by atoms with Crippen molar-refractivity contribution in [1.82, 2.24) is 4.98 Å². The number of aryl methyl sites for hydroxylation is 2. The van der Waals surface area contributed by atoms with Gasteiger partial charge in [0.1, 0.15) is 11.1 Å². The molecule has 0 atom stereocenters. The molecule has 0 aliphatic rings. The molecule has 21 heavy (non-hydrogen) atoms. The zero-order valence-corrected chi connectivity index (χ0v) is 13.8. The number of hydrogen-bond acceptors (Lipinski definition) is 3. The highest BCUT2D eigenvalue weighted by Crippen LogP contribution is 2.27. The molecule has 0 saturated heterocycles. The average Bonchev–Trinajstić information content (AvgIpc) is 2.45. The van der Waals surface area contributed by atoms with Crippen molar-refractivity contribution in [2.45, 2.75) is 44.4 Å². The summed E-state index contributed by atoms with van der Waals surface area (Å²) in [6.07, 6.45) is 0. The van der Waals surface area contributed by atoms with Gasteiger partial charge in [-0.05, 0) is 42.5 Å². The molecular weight excluding hydrogens is 276 g/mol. The molecule has 0 saturated carbocycles. The zero-order valence-electron chi connectivity index (χ0n) is 13.0. The number of aromatic nitrogens is 1. The first-order chi connectivity index (χ1) is 10.0. The summed E-state index contributed by atoms with van der Waals surface area (Å²) in [7, 11) is 0. The summed E-state index contributed by atoms with van der Waals surface area (Å²) in [5.74, 6) is 1.39. The van der Waals surface area contributed by atoms with Gasteiger partial charge in [-0.15, -0.1) is 11.8 Å². The van der Waals surface area contributed by atoms with Crippen LogP contribution < -0.4 is 0 Å². The highest BCUT2D eigenvalue weighted by Gasteiger charge is 2.09. The van der Waals surface area contributed by atoms with Gasteiger partial charge in [-0.3, -0.25) is 0 Å². The Morgan fingerprint density at radius 3 is 2.43 bits per heavy atom. The predicted molar refractivity (Wildman–Crippen MR) is 88.5 cm³/mol. The lowest BCUT2D eigenvalue weighted by Gasteiger charge is -2.09. The van der Waals surface area contributed by atoms with Crippen LogP contribution in [-0.2, 0) is 5.75 Å². The smallest absolute Gasteiger partial charge is 0.115 e. The van der Waals surface area contributed by atoms with Crippen LogP contribution in [0.15, 0.2) is 35.4 Å². The second kappa shape index (κ2) is 6.78. The van der Waals surface area contributed by atoms with E-state index < -0.39 is 0 Å². The van der Waals surface area contributed by atoms with Crippen LogP contribution in [0.2, 0.25) is 0 Å². The minimum absolute atomic E-state index is 0.554. The van der Waals surface area contributed by atoms with Crippen molar-refractivity contribution in [2.75, 3.05) is 0 Å². The van der Waals surface area contributed by atoms with Gasteiger partial charge in [-0.25, -0.2) is 4.98 Å². The van der Waals surface area contributed by atoms with Crippen LogP contribution in [0.5, 0.6) is 0 Å². The third-order valence-electron chi connectivity index (χ3n) is 3.45. The van der Waals surface area contributed by atoms with E-state index in [1.54, 1.807) is 11.8 Å². The van der Waals surface area contributed by atoms with Gasteiger partial charge in [0.15, 0.2) is 0 Å². The van der Waals surface area contributed by atoms with E-state index >= 15 is 0 Å². The third-order valence-corrected chi connectivity index (χ3v) is 4.49. The topological polar surface area (TPSA) is 36.7 Å². The number of rotatable bonds is 4. The standard InChI is InChI=1S/C18H20N2S/c1-12(2)16-7-5-15(6-8-16)11-21-18-17(10-19)13(3)9-14(4)20-18/h5-9,12H,11H2,1-4H3. The molecule has 0 aliphatic carbocycles. The summed E-state index contributed by atoms with van der Waals surface area (Å²) < 4.78 is 0. The maximum absolute atomic E-state index is 9.28. The number of nitriles is 1. The molecule has 1 aromatic carbocycles. The van der Waals surface area contributed by atoms with E-state index in [1.807, 2.05) is 19.9 Å². The van der Waals surface area contributed by atoms with Crippen LogP contribution in [0, 0.1) is 25.2 Å². The molecule has 2 rings (SSSR count). The number of pyridine rings is 1. The minimum Gasteiger partial charge on any atom is -0.245 e. The summed E-state index contributed by atoms with van der Waals surface area (Å²) in [6.45, 7) is 8.33. The van der Waals surface area contributed by atoms with Crippen LogP contribution in [-0.4, -0.2) is 4.98 Å². The van der Waals surface area contributed by atoms with Gasteiger partial charge in [0.05, 0.1) is 5.56 Å². The Hall–Kier alpha value is -1.79. The Kier molecular flexibility index (Phi) is 5.03. The van der Waals surface area contributed by atoms with E-state index in [0.717, 1.165) is 22.0 Å². The molecule has 0 radical (unpaired) electrons. The Balaban J connectivity index is 2.15. The van der Waals surface area contributed by atoms with Gasteiger partial charge in [-0.1, -0.05) is 38.1 Å². The van der Waals surface area contributed by atoms with Crippen molar-refractivity contribution >= 4 is 11.8 Å². The second-order valence-corrected chi connectivity index (χ2v) is 6.52. The molecule has 2 aromatic rings. The van der Waals surface area contributed by atoms with E-state index in [9.17, 15) is 5.26 Å². The average molecular weight is 296 g/mol. The maximum Gasteiger partial charge on any atom is 0.115 e. The second-order valence-electron chi connectivity index (χ2n) is 5.56. The van der Waals surface area contributed by atoms with Crippen molar-refractivity contribution in [3.63, 3.8) is 0 Å². The van der Waals surface area contributed by atoms with Gasteiger partial charge in [0.25, 0.3) is 0 Å². The van der Waals surface area contributed by atoms with E-state index in [1.165, 1.54) is 11.1 Å². The van der Waals surface area contributed by atoms with Crippen LogP contribution in [0.4, 0.5) is 0 Å². The summed E-state index contributed by atoms with van der Waals surface area (Å²) >= 11 is 1.63. The number of hydrogen-bond donors (Lipinski definition) is 0. The lowest BCUT2D eigenvalue weighted by atomic mass is 10.0. The molecule has 0 bridgehead atoms. The number of thioether (sulfide) groups is 1. The zero-order chi connectivity index (χ0) is 15.4. The molecule has 0 aliphatic heterocycles. The molecule has 0 N–H and O–H groups in total. The monoisotopic (exact) mass is 296 g/mol. The first-order valence-electron chi connectivity index (χ1n) is 7.11. The molecule has 0 spiro atoms. The van der Waals surface area contributed by atoms with Crippen molar-refractivity contribution in [3.8, 4) is 6.07 Å². The van der Waals surface area contributed by atoms with E-state index in [4.69, 9.17) is 0 Å². The molecule has 1 aromatic heterocycles. The lowest BCUT2D eigenvalue weighted by molar-refractivity contribution is 0.866. The Morgan fingerprint density at radius 1 is 1.19 bits per heavy atom. The van der Waals surface area contributed by atoms with E-state index in [0.29, 0.717) is 11.5 Å². The highest BCUT2D eigenvalue weighted by molar-refractivity contribution is 7.98. The largest absolute Gasteiger partial charge is 0.245 e. The highest BCUT2D eigenvalue weighted by atomic mass is 32.2. The van der Waals surface area contributed by atoms with Crippen LogP contribution in [0.25, 0.3) is 0 Å². The SMILES string of the molecule is Cc1cc(C)c(C#N)c(SCc2ccc(C(C)C)cc2)n1. The van der Waals surface area contributed by atoms with Crippen molar-refractivity contribution < 1.29 is 0 Å². The predicted octanol–water partition coefficient (Wildman–Crippen LogP) is 4.99. The van der Waals surface area contributed by atoms with Gasteiger partial charge >= 0.3 is 0 Å². The lowest BCUT2D eigenvalue weighted by Crippen LogP contribution is -1.95. The van der Waals surface area contributed by atoms with Gasteiger partial charge < -0.3 is 0 Å². The maximum atomic E-state index is 9.28. The van der Waals surface area contributed by atoms with Gasteiger partial charge in [0, 0.05) is 11.4 Å². The van der Waals surface area contributed by atoms with Crippen LogP contribution >= 0.6 is 11.8 Å². The fourth-order valence-corrected chi connectivity index (χ4v) is 3.25. The Morgan fingerprint density at radius 2 is 1.86 bits per heavy atom. The first kappa shape index (κ1) is 15.6. The summed E-state index contributed by atoms with van der Waals surface area (Å²) in [5, 5.41) is 10.1. The quantitative estimate of drug-likeness (QED) is 0.746. The van der Waals surface area contributed by atoms with E-state index in [-0.39, 0.29) is 0 Å². The fourth-order valence-electron chi connectivity index (χ4n) is 2.19. The van der Waals surface area contributed by atoms with Gasteiger partial charge in [-0.2, -0.15) is 5.26 Å². The van der Waals surface area contributed by atoms with Gasteiger partial charge in [0.2, 0.25) is 0 Å². The first-order valence-corrected chi connectivity index (χ1v) is 8.09. The minimum atomic E-state index is 0.554. The number of benzene rings is 1. The Bertz CT molecular complexity index is 667. The summed E-state index contributed by atoms with van der Waals surface area (Å²) in [5.41, 5.74) is 5.27. The molecule has 0 amide bonds. The number of nitrogens with zero attached hydrogens (tertiary/aromatic N) is 2. The molecule has 1 heterocycles. The molecule has 3 heteroatoms. The summed E-state index contributed by atoms with van der Waals surface area (Å²) in [4.78, 5) is 4.51. The van der Waals surface area contributed by atoms with Crippen LogP contribution in [0.3, 0.4) is 0 Å². The summed E-state index contributed by atoms with van der Waals surface area (Å²) in [6, 6.07) is 12.9. The van der Waals surface area contributed by atoms with Crippen molar-refractivity contribution in [3.05, 3.63) is 58.3 Å². The van der Waals surface area contributed by atoms with Crippen molar-refractivity contribution in [2.24, 2.45) is 0 Å². The van der Waals surface area contributed by atoms with Crippen molar-refractivity contribution in [1.29, 1.82) is 5.26 Å².